The van der Waals surface area contributed by atoms with Crippen molar-refractivity contribution in [2.24, 2.45) is 0 Å². The van der Waals surface area contributed by atoms with E-state index in [1.54, 1.807) is 21.8 Å². The zero-order valence-electron chi connectivity index (χ0n) is 16.7. The number of nitrogens with zero attached hydrogens (tertiary/aromatic N) is 6. The fourth-order valence-corrected chi connectivity index (χ4v) is 3.99. The summed E-state index contributed by atoms with van der Waals surface area (Å²) in [6.45, 7) is 3.36. The van der Waals surface area contributed by atoms with Crippen molar-refractivity contribution in [3.8, 4) is 11.6 Å². The number of piperidine rings is 1. The summed E-state index contributed by atoms with van der Waals surface area (Å²) in [6.07, 6.45) is 6.29. The highest BCUT2D eigenvalue weighted by Crippen LogP contribution is 2.33. The van der Waals surface area contributed by atoms with E-state index in [-0.39, 0.29) is 11.9 Å². The monoisotopic (exact) mass is 402 g/mol. The maximum absolute atomic E-state index is 13.1. The van der Waals surface area contributed by atoms with E-state index in [9.17, 15) is 4.79 Å². The lowest BCUT2D eigenvalue weighted by molar-refractivity contribution is 0.0565. The number of hydrogen-bond acceptors (Lipinski definition) is 6. The molecule has 30 heavy (non-hydrogen) atoms. The zero-order chi connectivity index (χ0) is 20.5. The lowest BCUT2D eigenvalue weighted by atomic mass is 10.0. The topological polar surface area (TPSA) is 89.9 Å². The largest absolute Gasteiger partial charge is 0.417 e. The van der Waals surface area contributed by atoms with Crippen LogP contribution in [0.5, 0.6) is 0 Å². The van der Waals surface area contributed by atoms with Gasteiger partial charge in [0.15, 0.2) is 0 Å². The number of carbonyl (C=O) groups is 1. The van der Waals surface area contributed by atoms with E-state index in [2.05, 4.69) is 20.3 Å². The van der Waals surface area contributed by atoms with Crippen LogP contribution >= 0.6 is 0 Å². The average molecular weight is 402 g/mol. The van der Waals surface area contributed by atoms with Gasteiger partial charge in [-0.25, -0.2) is 0 Å². The molecule has 5 rings (SSSR count). The van der Waals surface area contributed by atoms with E-state index < -0.39 is 0 Å². The van der Waals surface area contributed by atoms with Crippen LogP contribution < -0.4 is 0 Å². The predicted molar refractivity (Wildman–Crippen MR) is 111 cm³/mol. The number of pyridine rings is 1. The minimum absolute atomic E-state index is 0.102. The van der Waals surface area contributed by atoms with Crippen LogP contribution in [0.2, 0.25) is 0 Å². The Balaban J connectivity index is 1.47. The van der Waals surface area contributed by atoms with Crippen LogP contribution in [0.3, 0.4) is 0 Å². The molecule has 0 radical (unpaired) electrons. The molecule has 8 heteroatoms. The van der Waals surface area contributed by atoms with Gasteiger partial charge >= 0.3 is 0 Å². The average Bonchev–Trinajstić information content (AvgIpc) is 3.48. The number of carbonyl (C=O) groups excluding carboxylic acids is 1. The number of likely N-dealkylation sites (tertiary alicyclic amines) is 1. The molecule has 4 heterocycles. The molecule has 1 aliphatic heterocycles. The van der Waals surface area contributed by atoms with E-state index in [0.717, 1.165) is 36.6 Å². The van der Waals surface area contributed by atoms with Crippen molar-refractivity contribution >= 4 is 16.7 Å². The quantitative estimate of drug-likeness (QED) is 0.515. The van der Waals surface area contributed by atoms with Crippen LogP contribution in [0.15, 0.2) is 53.2 Å². The molecular weight excluding hydrogens is 380 g/mol. The second-order valence-corrected chi connectivity index (χ2v) is 7.39. The molecule has 1 unspecified atom stereocenters. The SMILES string of the molecule is CCn1ccc(C(=O)N2CCCCC2c2nnc(-c3nccc4ccccc34)o2)n1. The molecule has 152 valence electrons. The third-order valence-electron chi connectivity index (χ3n) is 5.55. The van der Waals surface area contributed by atoms with Gasteiger partial charge in [0.25, 0.3) is 11.8 Å². The molecule has 1 atom stereocenters. The Morgan fingerprint density at radius 2 is 2.07 bits per heavy atom. The fraction of sp³-hybridized carbons (Fsp3) is 0.318. The molecule has 0 bridgehead atoms. The van der Waals surface area contributed by atoms with Crippen LogP contribution in [-0.4, -0.2) is 42.3 Å². The number of aromatic nitrogens is 5. The van der Waals surface area contributed by atoms with Gasteiger partial charge in [-0.2, -0.15) is 5.10 Å². The molecule has 0 aliphatic carbocycles. The van der Waals surface area contributed by atoms with Gasteiger partial charge in [0.05, 0.1) is 0 Å². The van der Waals surface area contributed by atoms with Crippen LogP contribution in [0, 0.1) is 0 Å². The maximum Gasteiger partial charge on any atom is 0.275 e. The molecule has 1 fully saturated rings. The van der Waals surface area contributed by atoms with Gasteiger partial charge in [-0.05, 0) is 43.7 Å². The van der Waals surface area contributed by atoms with Crippen molar-refractivity contribution in [1.82, 2.24) is 29.9 Å². The Morgan fingerprint density at radius 3 is 2.93 bits per heavy atom. The van der Waals surface area contributed by atoms with Crippen molar-refractivity contribution in [2.45, 2.75) is 38.8 Å². The smallest absolute Gasteiger partial charge is 0.275 e. The molecule has 3 aromatic heterocycles. The summed E-state index contributed by atoms with van der Waals surface area (Å²) in [5.41, 5.74) is 1.10. The number of hydrogen-bond donors (Lipinski definition) is 0. The molecule has 1 aromatic carbocycles. The minimum atomic E-state index is -0.255. The van der Waals surface area contributed by atoms with Crippen LogP contribution in [-0.2, 0) is 6.54 Å². The second-order valence-electron chi connectivity index (χ2n) is 7.39. The van der Waals surface area contributed by atoms with E-state index >= 15 is 0 Å². The van der Waals surface area contributed by atoms with Gasteiger partial charge in [-0.15, -0.1) is 10.2 Å². The summed E-state index contributed by atoms with van der Waals surface area (Å²) in [5, 5.41) is 14.9. The van der Waals surface area contributed by atoms with Crippen molar-refractivity contribution in [1.29, 1.82) is 0 Å². The molecule has 0 N–H and O–H groups in total. The molecule has 1 saturated heterocycles. The van der Waals surface area contributed by atoms with Crippen molar-refractivity contribution in [3.63, 3.8) is 0 Å². The van der Waals surface area contributed by atoms with Crippen molar-refractivity contribution < 1.29 is 9.21 Å². The van der Waals surface area contributed by atoms with Crippen LogP contribution in [0.1, 0.15) is 48.6 Å². The summed E-state index contributed by atoms with van der Waals surface area (Å²) in [5.74, 6) is 0.715. The minimum Gasteiger partial charge on any atom is -0.417 e. The molecule has 4 aromatic rings. The number of aryl methyl sites for hydroxylation is 1. The first-order valence-corrected chi connectivity index (χ1v) is 10.3. The Labute approximate surface area is 173 Å². The third kappa shape index (κ3) is 3.24. The van der Waals surface area contributed by atoms with E-state index in [4.69, 9.17) is 4.42 Å². The summed E-state index contributed by atoms with van der Waals surface area (Å²) in [7, 11) is 0. The Bertz CT molecular complexity index is 1190. The first kappa shape index (κ1) is 18.5. The van der Waals surface area contributed by atoms with Gasteiger partial charge < -0.3 is 9.32 Å². The molecule has 0 spiro atoms. The number of fused-ring (bicyclic) bond motifs is 1. The molecule has 1 amide bonds. The van der Waals surface area contributed by atoms with E-state index in [1.807, 2.05) is 43.5 Å². The number of benzene rings is 1. The zero-order valence-corrected chi connectivity index (χ0v) is 16.7. The Hall–Kier alpha value is -3.55. The fourth-order valence-electron chi connectivity index (χ4n) is 3.99. The maximum atomic E-state index is 13.1. The lowest BCUT2D eigenvalue weighted by Gasteiger charge is -2.32. The first-order valence-electron chi connectivity index (χ1n) is 10.3. The van der Waals surface area contributed by atoms with Crippen molar-refractivity contribution in [2.75, 3.05) is 6.54 Å². The summed E-state index contributed by atoms with van der Waals surface area (Å²) in [6, 6.07) is 11.4. The van der Waals surface area contributed by atoms with Crippen molar-refractivity contribution in [3.05, 3.63) is 60.4 Å². The molecular formula is C22H22N6O2. The highest BCUT2D eigenvalue weighted by molar-refractivity contribution is 5.93. The Morgan fingerprint density at radius 1 is 1.17 bits per heavy atom. The van der Waals surface area contributed by atoms with E-state index in [1.165, 1.54) is 0 Å². The molecule has 1 aliphatic rings. The van der Waals surface area contributed by atoms with Gasteiger partial charge in [0, 0.05) is 30.9 Å². The predicted octanol–water partition coefficient (Wildman–Crippen LogP) is 3.87. The van der Waals surface area contributed by atoms with Gasteiger partial charge in [0.1, 0.15) is 17.4 Å². The van der Waals surface area contributed by atoms with Crippen LogP contribution in [0.25, 0.3) is 22.4 Å². The standard InChI is InChI=1S/C22H22N6O2/c1-2-27-14-11-17(26-27)22(29)28-13-6-5-9-18(28)20-24-25-21(30-20)19-16-8-4-3-7-15(16)10-12-23-19/h3-4,7-8,10-12,14,18H,2,5-6,9,13H2,1H3. The van der Waals surface area contributed by atoms with Gasteiger partial charge in [-0.1, -0.05) is 24.3 Å². The number of amides is 1. The highest BCUT2D eigenvalue weighted by Gasteiger charge is 2.33. The summed E-state index contributed by atoms with van der Waals surface area (Å²) in [4.78, 5) is 19.4. The second kappa shape index (κ2) is 7.70. The number of rotatable bonds is 4. The summed E-state index contributed by atoms with van der Waals surface area (Å²) >= 11 is 0. The first-order chi connectivity index (χ1) is 14.7. The van der Waals surface area contributed by atoms with Gasteiger partial charge in [-0.3, -0.25) is 14.5 Å². The van der Waals surface area contributed by atoms with Gasteiger partial charge in [0.2, 0.25) is 5.89 Å². The lowest BCUT2D eigenvalue weighted by Crippen LogP contribution is -2.39. The van der Waals surface area contributed by atoms with Crippen LogP contribution in [0.4, 0.5) is 0 Å². The third-order valence-corrected chi connectivity index (χ3v) is 5.55. The Kier molecular flexibility index (Phi) is 4.74. The molecule has 0 saturated carbocycles. The highest BCUT2D eigenvalue weighted by atomic mass is 16.4. The molecule has 8 nitrogen and oxygen atoms in total. The summed E-state index contributed by atoms with van der Waals surface area (Å²) < 4.78 is 7.81. The van der Waals surface area contributed by atoms with E-state index in [0.29, 0.717) is 29.7 Å². The normalized spacial score (nSPS) is 16.8.